The first kappa shape index (κ1) is 15.0. The second-order valence-electron chi connectivity index (χ2n) is 5.67. The largest absolute Gasteiger partial charge is 0.479 e. The van der Waals surface area contributed by atoms with Gasteiger partial charge in [0.05, 0.1) is 0 Å². The number of aromatic nitrogens is 1. The zero-order chi connectivity index (χ0) is 15.7. The van der Waals surface area contributed by atoms with Crippen LogP contribution < -0.4 is 5.32 Å². The second kappa shape index (κ2) is 5.68. The third kappa shape index (κ3) is 2.59. The molecule has 1 aromatic heterocycles. The smallest absolute Gasteiger partial charge is 0.330 e. The molecule has 1 fully saturated rings. The molecule has 1 aromatic carbocycles. The van der Waals surface area contributed by atoms with Gasteiger partial charge in [-0.05, 0) is 36.6 Å². The predicted octanol–water partition coefficient (Wildman–Crippen LogP) is 2.03. The summed E-state index contributed by atoms with van der Waals surface area (Å²) in [7, 11) is 0. The lowest BCUT2D eigenvalue weighted by Crippen LogP contribution is -2.55. The van der Waals surface area contributed by atoms with E-state index >= 15 is 0 Å². The molecule has 2 heterocycles. The number of rotatable bonds is 4. The summed E-state index contributed by atoms with van der Waals surface area (Å²) in [6, 6.07) is 9.89. The van der Waals surface area contributed by atoms with Crippen molar-refractivity contribution in [2.24, 2.45) is 0 Å². The fourth-order valence-corrected chi connectivity index (χ4v) is 4.22. The monoisotopic (exact) mass is 318 g/mol. The summed E-state index contributed by atoms with van der Waals surface area (Å²) in [6.45, 7) is 2.09. The number of carbonyl (C=O) groups is 2. The number of hydrogen-bond acceptors (Lipinski definition) is 3. The van der Waals surface area contributed by atoms with Gasteiger partial charge >= 0.3 is 5.97 Å². The van der Waals surface area contributed by atoms with E-state index in [-0.39, 0.29) is 12.5 Å². The number of para-hydroxylation sites is 1. The summed E-state index contributed by atoms with van der Waals surface area (Å²) < 4.78 is 1.92. The number of fused-ring (bicyclic) bond motifs is 1. The number of nitrogens with one attached hydrogen (secondary N) is 1. The highest BCUT2D eigenvalue weighted by Crippen LogP contribution is 2.28. The van der Waals surface area contributed by atoms with E-state index in [9.17, 15) is 14.7 Å². The molecule has 1 aliphatic rings. The number of aliphatic carboxylic acids is 1. The van der Waals surface area contributed by atoms with Gasteiger partial charge in [0.25, 0.3) is 0 Å². The summed E-state index contributed by atoms with van der Waals surface area (Å²) in [5, 5.41) is 13.3. The molecule has 0 aliphatic carbocycles. The lowest BCUT2D eigenvalue weighted by atomic mass is 9.99. The van der Waals surface area contributed by atoms with Crippen LogP contribution in [0, 0.1) is 6.92 Å². The van der Waals surface area contributed by atoms with Crippen LogP contribution in [0.3, 0.4) is 0 Å². The molecule has 0 saturated carbocycles. The van der Waals surface area contributed by atoms with Gasteiger partial charge in [0, 0.05) is 17.0 Å². The maximum Gasteiger partial charge on any atom is 0.330 e. The van der Waals surface area contributed by atoms with E-state index in [0.717, 1.165) is 22.3 Å². The quantitative estimate of drug-likeness (QED) is 0.905. The lowest BCUT2D eigenvalue weighted by Gasteiger charge is -2.25. The van der Waals surface area contributed by atoms with Crippen LogP contribution in [0.25, 0.3) is 10.9 Å². The molecule has 1 amide bonds. The van der Waals surface area contributed by atoms with E-state index in [1.165, 1.54) is 0 Å². The maximum atomic E-state index is 12.4. The van der Waals surface area contributed by atoms with Crippen LogP contribution >= 0.6 is 11.8 Å². The summed E-state index contributed by atoms with van der Waals surface area (Å²) in [4.78, 5) is 23.9. The van der Waals surface area contributed by atoms with E-state index in [0.29, 0.717) is 12.2 Å². The number of hydrogen-bond donors (Lipinski definition) is 2. The fraction of sp³-hybridized carbons (Fsp3) is 0.375. The van der Waals surface area contributed by atoms with Crippen molar-refractivity contribution in [2.75, 3.05) is 11.5 Å². The van der Waals surface area contributed by atoms with Crippen LogP contribution in [0.2, 0.25) is 0 Å². The molecule has 0 unspecified atom stereocenters. The molecule has 3 rings (SSSR count). The number of aryl methyl sites for hydroxylation is 1. The first-order valence-corrected chi connectivity index (χ1v) is 8.34. The molecule has 2 N–H and O–H groups in total. The zero-order valence-corrected chi connectivity index (χ0v) is 13.2. The fourth-order valence-electron chi connectivity index (χ4n) is 2.89. The molecule has 116 valence electrons. The highest BCUT2D eigenvalue weighted by molar-refractivity contribution is 7.99. The van der Waals surface area contributed by atoms with Gasteiger partial charge in [-0.25, -0.2) is 4.79 Å². The standard InChI is InChI=1S/C16H18N2O3S/c1-11-8-12-4-2-3-5-13(12)18(11)9-14(19)17-16(15(20)21)6-7-22-10-16/h2-5,8H,6-7,9-10H2,1H3,(H,17,19)(H,20,21)/t16-/m0/s1. The van der Waals surface area contributed by atoms with Crippen LogP contribution in [0.15, 0.2) is 30.3 Å². The Morgan fingerprint density at radius 1 is 1.41 bits per heavy atom. The molecule has 1 saturated heterocycles. The van der Waals surface area contributed by atoms with Crippen molar-refractivity contribution >= 4 is 34.5 Å². The Morgan fingerprint density at radius 3 is 2.86 bits per heavy atom. The highest BCUT2D eigenvalue weighted by atomic mass is 32.2. The summed E-state index contributed by atoms with van der Waals surface area (Å²) in [5.41, 5.74) is 0.861. The van der Waals surface area contributed by atoms with E-state index in [1.807, 2.05) is 41.8 Å². The number of carboxylic acids is 1. The third-order valence-corrected chi connectivity index (χ3v) is 5.32. The van der Waals surface area contributed by atoms with E-state index in [1.54, 1.807) is 11.8 Å². The van der Waals surface area contributed by atoms with Gasteiger partial charge in [-0.1, -0.05) is 18.2 Å². The second-order valence-corrected chi connectivity index (χ2v) is 6.77. The number of carbonyl (C=O) groups excluding carboxylic acids is 1. The molecule has 1 atom stereocenters. The Labute approximate surface area is 132 Å². The van der Waals surface area contributed by atoms with Crippen LogP contribution in [-0.4, -0.2) is 38.6 Å². The first-order chi connectivity index (χ1) is 10.5. The van der Waals surface area contributed by atoms with Crippen molar-refractivity contribution < 1.29 is 14.7 Å². The molecular weight excluding hydrogens is 300 g/mol. The molecular formula is C16H18N2O3S. The molecule has 0 bridgehead atoms. The Bertz CT molecular complexity index is 732. The van der Waals surface area contributed by atoms with Gasteiger partial charge in [-0.2, -0.15) is 11.8 Å². The molecule has 2 aromatic rings. The van der Waals surface area contributed by atoms with Gasteiger partial charge in [-0.3, -0.25) is 4.79 Å². The Kier molecular flexibility index (Phi) is 3.87. The Balaban J connectivity index is 1.81. The number of amides is 1. The molecule has 0 radical (unpaired) electrons. The van der Waals surface area contributed by atoms with Gasteiger partial charge in [0.15, 0.2) is 0 Å². The Hall–Kier alpha value is -1.95. The van der Waals surface area contributed by atoms with Crippen LogP contribution in [-0.2, 0) is 16.1 Å². The van der Waals surface area contributed by atoms with Crippen LogP contribution in [0.1, 0.15) is 12.1 Å². The van der Waals surface area contributed by atoms with Gasteiger partial charge < -0.3 is 15.0 Å². The minimum atomic E-state index is -1.11. The minimum absolute atomic E-state index is 0.138. The van der Waals surface area contributed by atoms with E-state index in [4.69, 9.17) is 0 Å². The highest BCUT2D eigenvalue weighted by Gasteiger charge is 2.43. The minimum Gasteiger partial charge on any atom is -0.479 e. The van der Waals surface area contributed by atoms with Crippen molar-refractivity contribution in [3.63, 3.8) is 0 Å². The summed E-state index contributed by atoms with van der Waals surface area (Å²) >= 11 is 1.56. The predicted molar refractivity (Wildman–Crippen MR) is 87.1 cm³/mol. The van der Waals surface area contributed by atoms with Gasteiger partial charge in [-0.15, -0.1) is 0 Å². The number of nitrogens with zero attached hydrogens (tertiary/aromatic N) is 1. The number of thioether (sulfide) groups is 1. The molecule has 0 spiro atoms. The van der Waals surface area contributed by atoms with Crippen LogP contribution in [0.5, 0.6) is 0 Å². The molecule has 5 nitrogen and oxygen atoms in total. The maximum absolute atomic E-state index is 12.4. The van der Waals surface area contributed by atoms with Crippen molar-refractivity contribution in [1.29, 1.82) is 0 Å². The van der Waals surface area contributed by atoms with Crippen molar-refractivity contribution in [1.82, 2.24) is 9.88 Å². The lowest BCUT2D eigenvalue weighted by molar-refractivity contribution is -0.146. The average molecular weight is 318 g/mol. The molecule has 22 heavy (non-hydrogen) atoms. The van der Waals surface area contributed by atoms with Gasteiger partial charge in [0.1, 0.15) is 12.1 Å². The summed E-state index contributed by atoms with van der Waals surface area (Å²) in [6.07, 6.45) is 0.476. The van der Waals surface area contributed by atoms with E-state index in [2.05, 4.69) is 5.32 Å². The number of carboxylic acid groups (broad SMARTS) is 1. The molecule has 1 aliphatic heterocycles. The van der Waals surface area contributed by atoms with Crippen LogP contribution in [0.4, 0.5) is 0 Å². The van der Waals surface area contributed by atoms with Gasteiger partial charge in [0.2, 0.25) is 5.91 Å². The van der Waals surface area contributed by atoms with Crippen molar-refractivity contribution in [3.8, 4) is 0 Å². The third-order valence-electron chi connectivity index (χ3n) is 4.13. The van der Waals surface area contributed by atoms with Crippen molar-refractivity contribution in [2.45, 2.75) is 25.4 Å². The van der Waals surface area contributed by atoms with Crippen molar-refractivity contribution in [3.05, 3.63) is 36.0 Å². The summed E-state index contributed by atoms with van der Waals surface area (Å²) in [5.74, 6) is -0.00773. The Morgan fingerprint density at radius 2 is 2.18 bits per heavy atom. The molecule has 6 heteroatoms. The zero-order valence-electron chi connectivity index (χ0n) is 12.3. The topological polar surface area (TPSA) is 71.3 Å². The first-order valence-electron chi connectivity index (χ1n) is 7.19. The van der Waals surface area contributed by atoms with E-state index < -0.39 is 11.5 Å². The number of benzene rings is 1. The average Bonchev–Trinajstić information content (AvgIpc) is 3.06. The SMILES string of the molecule is Cc1cc2ccccc2n1CC(=O)N[C@@]1(C(=O)O)CCSC1. The normalized spacial score (nSPS) is 21.1.